The SMILES string of the molecule is CN(C)S(=O)(=O)N1CCC(CNc2nccc3ccccc23)(c2ccccc2)CC1.c1ccc(C2(CNc3nccc4ccccc34)CCNCC2)cc1. The molecular formula is C44H51N7O2S. The predicted molar refractivity (Wildman–Crippen MR) is 222 cm³/mol. The minimum absolute atomic E-state index is 0.155. The van der Waals surface area contributed by atoms with Gasteiger partial charge in [0.05, 0.1) is 0 Å². The van der Waals surface area contributed by atoms with Crippen molar-refractivity contribution in [1.29, 1.82) is 0 Å². The number of piperidine rings is 2. The zero-order valence-corrected chi connectivity index (χ0v) is 32.1. The number of rotatable bonds is 10. The van der Waals surface area contributed by atoms with Gasteiger partial charge in [0, 0.05) is 74.3 Å². The summed E-state index contributed by atoms with van der Waals surface area (Å²) < 4.78 is 28.0. The van der Waals surface area contributed by atoms with Crippen LogP contribution in [0.15, 0.2) is 134 Å². The van der Waals surface area contributed by atoms with Crippen molar-refractivity contribution in [2.75, 3.05) is 64.0 Å². The van der Waals surface area contributed by atoms with Crippen molar-refractivity contribution in [2.45, 2.75) is 36.5 Å². The largest absolute Gasteiger partial charge is 0.369 e. The molecule has 0 spiro atoms. The van der Waals surface area contributed by atoms with Crippen molar-refractivity contribution in [3.05, 3.63) is 145 Å². The summed E-state index contributed by atoms with van der Waals surface area (Å²) in [5, 5.41) is 15.4. The van der Waals surface area contributed by atoms with E-state index in [4.69, 9.17) is 0 Å². The number of fused-ring (bicyclic) bond motifs is 2. The quantitative estimate of drug-likeness (QED) is 0.134. The van der Waals surface area contributed by atoms with E-state index in [-0.39, 0.29) is 10.8 Å². The zero-order chi connectivity index (χ0) is 37.4. The van der Waals surface area contributed by atoms with E-state index in [1.54, 1.807) is 18.4 Å². The van der Waals surface area contributed by atoms with Gasteiger partial charge < -0.3 is 16.0 Å². The van der Waals surface area contributed by atoms with E-state index in [1.807, 2.05) is 36.7 Å². The van der Waals surface area contributed by atoms with Gasteiger partial charge in [0.25, 0.3) is 10.2 Å². The summed E-state index contributed by atoms with van der Waals surface area (Å²) in [7, 11) is -0.223. The molecule has 3 N–H and O–H groups in total. The van der Waals surface area contributed by atoms with Crippen LogP contribution in [0.3, 0.4) is 0 Å². The smallest absolute Gasteiger partial charge is 0.281 e. The first kappa shape index (κ1) is 37.4. The fourth-order valence-electron chi connectivity index (χ4n) is 8.03. The fraction of sp³-hybridized carbons (Fsp3) is 0.318. The second-order valence-electron chi connectivity index (χ2n) is 14.7. The van der Waals surface area contributed by atoms with Gasteiger partial charge >= 0.3 is 0 Å². The number of nitrogens with zero attached hydrogens (tertiary/aromatic N) is 4. The lowest BCUT2D eigenvalue weighted by atomic mass is 9.73. The van der Waals surface area contributed by atoms with Crippen molar-refractivity contribution in [3.63, 3.8) is 0 Å². The van der Waals surface area contributed by atoms with Crippen molar-refractivity contribution >= 4 is 43.4 Å². The minimum Gasteiger partial charge on any atom is -0.369 e. The molecule has 0 saturated carbocycles. The Kier molecular flexibility index (Phi) is 11.5. The maximum atomic E-state index is 12.6. The minimum atomic E-state index is -3.39. The van der Waals surface area contributed by atoms with Crippen LogP contribution in [-0.4, -0.2) is 80.4 Å². The van der Waals surface area contributed by atoms with Crippen LogP contribution in [-0.2, 0) is 21.0 Å². The molecule has 2 saturated heterocycles. The zero-order valence-electron chi connectivity index (χ0n) is 31.3. The van der Waals surface area contributed by atoms with E-state index in [9.17, 15) is 8.42 Å². The molecule has 4 heterocycles. The summed E-state index contributed by atoms with van der Waals surface area (Å²) in [6, 6.07) is 42.1. The van der Waals surface area contributed by atoms with Gasteiger partial charge in [-0.2, -0.15) is 17.0 Å². The lowest BCUT2D eigenvalue weighted by Gasteiger charge is -2.42. The van der Waals surface area contributed by atoms with Crippen LogP contribution in [0.2, 0.25) is 0 Å². The second-order valence-corrected chi connectivity index (χ2v) is 16.8. The average Bonchev–Trinajstić information content (AvgIpc) is 3.23. The highest BCUT2D eigenvalue weighted by molar-refractivity contribution is 7.86. The Morgan fingerprint density at radius 3 is 1.50 bits per heavy atom. The molecule has 0 aliphatic carbocycles. The number of hydrogen-bond donors (Lipinski definition) is 3. The van der Waals surface area contributed by atoms with Gasteiger partial charge in [-0.25, -0.2) is 9.97 Å². The molecule has 0 atom stereocenters. The van der Waals surface area contributed by atoms with Gasteiger partial charge in [0.1, 0.15) is 11.6 Å². The molecule has 0 radical (unpaired) electrons. The lowest BCUT2D eigenvalue weighted by Crippen LogP contribution is -2.50. The first-order chi connectivity index (χ1) is 26.3. The van der Waals surface area contributed by atoms with Crippen molar-refractivity contribution in [3.8, 4) is 0 Å². The summed E-state index contributed by atoms with van der Waals surface area (Å²) in [6.07, 6.45) is 7.52. The summed E-state index contributed by atoms with van der Waals surface area (Å²) in [4.78, 5) is 9.16. The van der Waals surface area contributed by atoms with Crippen LogP contribution >= 0.6 is 0 Å². The molecule has 8 rings (SSSR count). The van der Waals surface area contributed by atoms with E-state index in [2.05, 4.69) is 123 Å². The van der Waals surface area contributed by atoms with Gasteiger partial charge in [0.2, 0.25) is 0 Å². The topological polar surface area (TPSA) is 102 Å². The second kappa shape index (κ2) is 16.7. The molecule has 2 aliphatic rings. The maximum absolute atomic E-state index is 12.6. The van der Waals surface area contributed by atoms with Crippen LogP contribution in [0.1, 0.15) is 36.8 Å². The third-order valence-corrected chi connectivity index (χ3v) is 13.3. The Balaban J connectivity index is 0.000000171. The van der Waals surface area contributed by atoms with Crippen LogP contribution in [0.25, 0.3) is 21.5 Å². The highest BCUT2D eigenvalue weighted by atomic mass is 32.2. The van der Waals surface area contributed by atoms with Gasteiger partial charge in [-0.15, -0.1) is 0 Å². The monoisotopic (exact) mass is 741 g/mol. The lowest BCUT2D eigenvalue weighted by molar-refractivity contribution is 0.234. The highest BCUT2D eigenvalue weighted by Gasteiger charge is 2.40. The van der Waals surface area contributed by atoms with E-state index in [0.717, 1.165) is 67.7 Å². The Bertz CT molecular complexity index is 2230. The molecule has 0 unspecified atom stereocenters. The molecule has 54 heavy (non-hydrogen) atoms. The molecular weight excluding hydrogens is 691 g/mol. The van der Waals surface area contributed by atoms with E-state index in [0.29, 0.717) is 19.6 Å². The third-order valence-electron chi connectivity index (χ3n) is 11.3. The summed E-state index contributed by atoms with van der Waals surface area (Å²) >= 11 is 0. The molecule has 2 aliphatic heterocycles. The molecule has 9 nitrogen and oxygen atoms in total. The Morgan fingerprint density at radius 2 is 1.04 bits per heavy atom. The molecule has 6 aromatic rings. The third kappa shape index (κ3) is 8.12. The number of pyridine rings is 2. The van der Waals surface area contributed by atoms with E-state index < -0.39 is 10.2 Å². The molecule has 2 aromatic heterocycles. The van der Waals surface area contributed by atoms with E-state index >= 15 is 0 Å². The molecule has 2 fully saturated rings. The fourth-order valence-corrected chi connectivity index (χ4v) is 9.13. The number of hydrogen-bond acceptors (Lipinski definition) is 7. The Morgan fingerprint density at radius 1 is 0.611 bits per heavy atom. The van der Waals surface area contributed by atoms with Crippen molar-refractivity contribution < 1.29 is 8.42 Å². The molecule has 4 aromatic carbocycles. The first-order valence-corrected chi connectivity index (χ1v) is 20.3. The average molecular weight is 742 g/mol. The summed E-state index contributed by atoms with van der Waals surface area (Å²) in [6.45, 7) is 4.76. The first-order valence-electron chi connectivity index (χ1n) is 18.9. The van der Waals surface area contributed by atoms with Gasteiger partial charge in [-0.05, 0) is 72.8 Å². The Hall–Kier alpha value is -4.87. The van der Waals surface area contributed by atoms with Crippen molar-refractivity contribution in [1.82, 2.24) is 23.9 Å². The molecule has 0 amide bonds. The Labute approximate surface area is 320 Å². The van der Waals surface area contributed by atoms with Gasteiger partial charge in [-0.3, -0.25) is 0 Å². The molecule has 0 bridgehead atoms. The van der Waals surface area contributed by atoms with E-state index in [1.165, 1.54) is 26.2 Å². The number of benzene rings is 4. The van der Waals surface area contributed by atoms with Crippen LogP contribution in [0.4, 0.5) is 11.6 Å². The summed E-state index contributed by atoms with van der Waals surface area (Å²) in [5.41, 5.74) is 2.68. The highest BCUT2D eigenvalue weighted by Crippen LogP contribution is 2.38. The van der Waals surface area contributed by atoms with Crippen molar-refractivity contribution in [2.24, 2.45) is 0 Å². The number of nitrogens with one attached hydrogen (secondary N) is 3. The predicted octanol–water partition coefficient (Wildman–Crippen LogP) is 7.46. The van der Waals surface area contributed by atoms with Gasteiger partial charge in [0.15, 0.2) is 0 Å². The molecule has 10 heteroatoms. The number of aromatic nitrogens is 2. The molecule has 280 valence electrons. The maximum Gasteiger partial charge on any atom is 0.281 e. The van der Waals surface area contributed by atoms with Crippen LogP contribution in [0, 0.1) is 0 Å². The van der Waals surface area contributed by atoms with Crippen LogP contribution < -0.4 is 16.0 Å². The van der Waals surface area contributed by atoms with Crippen LogP contribution in [0.5, 0.6) is 0 Å². The standard InChI is InChI=1S/C23H28N4O2S.C21H23N3/c1-26(2)30(28,29)27-16-13-23(14-17-27,20-9-4-3-5-10-20)18-25-22-21-11-7-6-8-19(21)12-15-24-22;1-2-7-18(8-3-1)21(11-14-22-15-12-21)16-24-20-19-9-5-4-6-17(19)10-13-23-20/h3-12,15H,13-14,16-18H2,1-2H3,(H,24,25);1-10,13,22H,11-12,14-16H2,(H,23,24). The normalized spacial score (nSPS) is 17.1. The number of anilines is 2. The van der Waals surface area contributed by atoms with Gasteiger partial charge in [-0.1, -0.05) is 109 Å². The summed E-state index contributed by atoms with van der Waals surface area (Å²) in [5.74, 6) is 1.86.